The van der Waals surface area contributed by atoms with Gasteiger partial charge in [-0.2, -0.15) is 0 Å². The molecule has 1 aromatic carbocycles. The second kappa shape index (κ2) is 11.2. The van der Waals surface area contributed by atoms with Crippen LogP contribution in [0.5, 0.6) is 0 Å². The number of rotatable bonds is 7. The summed E-state index contributed by atoms with van der Waals surface area (Å²) in [6.07, 6.45) is 5.37. The molecule has 2 fully saturated rings. The first-order valence-electron chi connectivity index (χ1n) is 10.5. The van der Waals surface area contributed by atoms with Crippen LogP contribution in [0.15, 0.2) is 29.3 Å². The van der Waals surface area contributed by atoms with Gasteiger partial charge in [0.15, 0.2) is 5.96 Å². The molecule has 1 aromatic rings. The highest BCUT2D eigenvalue weighted by Gasteiger charge is 2.37. The van der Waals surface area contributed by atoms with Crippen LogP contribution in [0, 0.1) is 11.3 Å². The zero-order chi connectivity index (χ0) is 19.1. The summed E-state index contributed by atoms with van der Waals surface area (Å²) in [5.74, 6) is 1.66. The van der Waals surface area contributed by atoms with Gasteiger partial charge in [-0.1, -0.05) is 32.4 Å². The highest BCUT2D eigenvalue weighted by Crippen LogP contribution is 2.45. The zero-order valence-electron chi connectivity index (χ0n) is 17.7. The summed E-state index contributed by atoms with van der Waals surface area (Å²) in [4.78, 5) is 6.79. The van der Waals surface area contributed by atoms with Crippen molar-refractivity contribution in [3.8, 4) is 0 Å². The second-order valence-corrected chi connectivity index (χ2v) is 8.50. The van der Waals surface area contributed by atoms with Crippen molar-refractivity contribution < 1.29 is 4.74 Å². The lowest BCUT2D eigenvalue weighted by molar-refractivity contribution is 0.104. The maximum Gasteiger partial charge on any atom is 0.191 e. The monoisotopic (exact) mass is 500 g/mol. The van der Waals surface area contributed by atoms with Crippen molar-refractivity contribution >= 4 is 35.6 Å². The van der Waals surface area contributed by atoms with Gasteiger partial charge in [0.05, 0.1) is 13.2 Å². The highest BCUT2D eigenvalue weighted by molar-refractivity contribution is 14.0. The summed E-state index contributed by atoms with van der Waals surface area (Å²) in [6.45, 7) is 10.1. The normalized spacial score (nSPS) is 19.0. The van der Waals surface area contributed by atoms with E-state index in [0.717, 1.165) is 51.3 Å². The molecule has 1 saturated heterocycles. The molecule has 0 amide bonds. The molecule has 0 spiro atoms. The number of aliphatic imine (C=N–C) groups is 1. The molecule has 5 nitrogen and oxygen atoms in total. The summed E-state index contributed by atoms with van der Waals surface area (Å²) < 4.78 is 5.43. The Morgan fingerprint density at radius 3 is 2.36 bits per heavy atom. The number of hydrogen-bond acceptors (Lipinski definition) is 3. The minimum Gasteiger partial charge on any atom is -0.378 e. The smallest absolute Gasteiger partial charge is 0.191 e. The molecule has 0 bridgehead atoms. The molecule has 0 aromatic heterocycles. The predicted octanol–water partition coefficient (Wildman–Crippen LogP) is 4.02. The van der Waals surface area contributed by atoms with E-state index in [9.17, 15) is 0 Å². The van der Waals surface area contributed by atoms with Gasteiger partial charge in [0.25, 0.3) is 0 Å². The van der Waals surface area contributed by atoms with E-state index >= 15 is 0 Å². The Morgan fingerprint density at radius 1 is 1.14 bits per heavy atom. The lowest BCUT2D eigenvalue weighted by Crippen LogP contribution is -2.46. The van der Waals surface area contributed by atoms with Gasteiger partial charge in [-0.05, 0) is 48.3 Å². The number of halogens is 1. The number of hydrogen-bond donors (Lipinski definition) is 2. The van der Waals surface area contributed by atoms with E-state index < -0.39 is 0 Å². The van der Waals surface area contributed by atoms with E-state index in [0.29, 0.717) is 5.41 Å². The van der Waals surface area contributed by atoms with Gasteiger partial charge in [0.1, 0.15) is 0 Å². The van der Waals surface area contributed by atoms with E-state index in [1.807, 2.05) is 7.05 Å². The van der Waals surface area contributed by atoms with Crippen LogP contribution in [-0.2, 0) is 11.3 Å². The summed E-state index contributed by atoms with van der Waals surface area (Å²) in [6, 6.07) is 8.84. The fourth-order valence-corrected chi connectivity index (χ4v) is 4.32. The van der Waals surface area contributed by atoms with Gasteiger partial charge in [-0.15, -0.1) is 24.0 Å². The molecular weight excluding hydrogens is 463 g/mol. The lowest BCUT2D eigenvalue weighted by Gasteiger charge is -2.43. The molecule has 1 heterocycles. The first kappa shape index (κ1) is 23.3. The molecule has 3 rings (SSSR count). The minimum atomic E-state index is 0. The van der Waals surface area contributed by atoms with E-state index in [-0.39, 0.29) is 24.0 Å². The Morgan fingerprint density at radius 2 is 1.82 bits per heavy atom. The van der Waals surface area contributed by atoms with Crippen molar-refractivity contribution in [1.82, 2.24) is 10.6 Å². The highest BCUT2D eigenvalue weighted by atomic mass is 127. The largest absolute Gasteiger partial charge is 0.378 e. The van der Waals surface area contributed by atoms with E-state index in [4.69, 9.17) is 4.74 Å². The number of morpholine rings is 1. The molecule has 6 heteroatoms. The van der Waals surface area contributed by atoms with Crippen molar-refractivity contribution in [1.29, 1.82) is 0 Å². The van der Waals surface area contributed by atoms with E-state index in [2.05, 4.69) is 58.6 Å². The third-order valence-electron chi connectivity index (χ3n) is 5.88. The third-order valence-corrected chi connectivity index (χ3v) is 5.88. The summed E-state index contributed by atoms with van der Waals surface area (Å²) in [5.41, 5.74) is 3.03. The number of nitrogens with one attached hydrogen (secondary N) is 2. The first-order valence-corrected chi connectivity index (χ1v) is 10.5. The predicted molar refractivity (Wildman–Crippen MR) is 129 cm³/mol. The Labute approximate surface area is 187 Å². The van der Waals surface area contributed by atoms with Gasteiger partial charge in [-0.25, -0.2) is 0 Å². The summed E-state index contributed by atoms with van der Waals surface area (Å²) in [7, 11) is 1.85. The van der Waals surface area contributed by atoms with Crippen molar-refractivity contribution in [3.05, 3.63) is 29.8 Å². The average Bonchev–Trinajstić information content (AvgIpc) is 2.66. The van der Waals surface area contributed by atoms with Crippen LogP contribution in [0.4, 0.5) is 5.69 Å². The van der Waals surface area contributed by atoms with Gasteiger partial charge < -0.3 is 20.3 Å². The number of guanidine groups is 1. The van der Waals surface area contributed by atoms with Crippen LogP contribution in [0.3, 0.4) is 0 Å². The molecule has 0 unspecified atom stereocenters. The van der Waals surface area contributed by atoms with Crippen LogP contribution in [0.25, 0.3) is 0 Å². The van der Waals surface area contributed by atoms with Crippen molar-refractivity contribution in [3.63, 3.8) is 0 Å². The topological polar surface area (TPSA) is 48.9 Å². The van der Waals surface area contributed by atoms with Crippen LogP contribution < -0.4 is 15.5 Å². The van der Waals surface area contributed by atoms with Gasteiger partial charge >= 0.3 is 0 Å². The Balaban J connectivity index is 0.00000280. The fourth-order valence-electron chi connectivity index (χ4n) is 4.32. The Bertz CT molecular complexity index is 607. The van der Waals surface area contributed by atoms with Crippen LogP contribution in [-0.4, -0.2) is 45.9 Å². The van der Waals surface area contributed by atoms with Crippen LogP contribution >= 0.6 is 24.0 Å². The lowest BCUT2D eigenvalue weighted by atomic mass is 9.64. The molecule has 2 aliphatic rings. The van der Waals surface area contributed by atoms with E-state index in [1.54, 1.807) is 0 Å². The third kappa shape index (κ3) is 6.51. The molecule has 1 saturated carbocycles. The number of anilines is 1. The minimum absolute atomic E-state index is 0. The van der Waals surface area contributed by atoms with Gasteiger partial charge in [0, 0.05) is 38.9 Å². The van der Waals surface area contributed by atoms with Gasteiger partial charge in [0.2, 0.25) is 0 Å². The summed E-state index contributed by atoms with van der Waals surface area (Å²) >= 11 is 0. The van der Waals surface area contributed by atoms with Crippen molar-refractivity contribution in [2.45, 2.75) is 46.1 Å². The molecule has 0 atom stereocenters. The molecule has 158 valence electrons. The SMILES string of the molecule is CN=C(NCc1ccc(N2CCOCC2)cc1)NCC1(CC(C)C)CCC1.I. The van der Waals surface area contributed by atoms with Crippen molar-refractivity contribution in [2.24, 2.45) is 16.3 Å². The Kier molecular flexibility index (Phi) is 9.34. The maximum absolute atomic E-state index is 5.43. The maximum atomic E-state index is 5.43. The van der Waals surface area contributed by atoms with Crippen LogP contribution in [0.1, 0.15) is 45.1 Å². The number of nitrogens with zero attached hydrogens (tertiary/aromatic N) is 2. The van der Waals surface area contributed by atoms with Crippen molar-refractivity contribution in [2.75, 3.05) is 44.8 Å². The fraction of sp³-hybridized carbons (Fsp3) is 0.682. The molecule has 28 heavy (non-hydrogen) atoms. The standard InChI is InChI=1S/C22H36N4O.HI/c1-18(2)15-22(9-4-10-22)17-25-21(23-3)24-16-19-5-7-20(8-6-19)26-11-13-27-14-12-26;/h5-8,18H,4,9-17H2,1-3H3,(H2,23,24,25);1H. The molecule has 1 aliphatic carbocycles. The molecule has 1 aliphatic heterocycles. The summed E-state index contributed by atoms with van der Waals surface area (Å²) in [5, 5.41) is 7.03. The molecule has 0 radical (unpaired) electrons. The van der Waals surface area contributed by atoms with Crippen LogP contribution in [0.2, 0.25) is 0 Å². The number of benzene rings is 1. The number of ether oxygens (including phenoxy) is 1. The Hall–Kier alpha value is -1.02. The zero-order valence-corrected chi connectivity index (χ0v) is 20.0. The quantitative estimate of drug-likeness (QED) is 0.338. The first-order chi connectivity index (χ1) is 13.1. The molecular formula is C22H37IN4O. The second-order valence-electron chi connectivity index (χ2n) is 8.50. The van der Waals surface area contributed by atoms with Gasteiger partial charge in [-0.3, -0.25) is 4.99 Å². The van der Waals surface area contributed by atoms with E-state index in [1.165, 1.54) is 36.9 Å². The average molecular weight is 500 g/mol. The molecule has 2 N–H and O–H groups in total.